The van der Waals surface area contributed by atoms with Gasteiger partial charge in [0.05, 0.1) is 6.54 Å². The Labute approximate surface area is 90.4 Å². The van der Waals surface area contributed by atoms with Crippen molar-refractivity contribution >= 4 is 5.82 Å². The summed E-state index contributed by atoms with van der Waals surface area (Å²) in [6.07, 6.45) is 0. The van der Waals surface area contributed by atoms with E-state index in [1.54, 1.807) is 0 Å². The Balaban J connectivity index is 2.40. The van der Waals surface area contributed by atoms with Gasteiger partial charge in [0.2, 0.25) is 5.82 Å². The second-order valence-corrected chi connectivity index (χ2v) is 3.29. The van der Waals surface area contributed by atoms with Crippen LogP contribution in [0.3, 0.4) is 0 Å². The maximum absolute atomic E-state index is 11.4. The van der Waals surface area contributed by atoms with Gasteiger partial charge in [0.25, 0.3) is 5.56 Å². The number of aromatic amines is 1. The Kier molecular flexibility index (Phi) is 2.55. The lowest BCUT2D eigenvalue weighted by Crippen LogP contribution is -2.34. The Morgan fingerprint density at radius 1 is 1.25 bits per heavy atom. The van der Waals surface area contributed by atoms with E-state index in [1.165, 1.54) is 0 Å². The van der Waals surface area contributed by atoms with Crippen molar-refractivity contribution in [3.63, 3.8) is 0 Å². The third-order valence-corrected chi connectivity index (χ3v) is 2.09. The molecule has 3 N–H and O–H groups in total. The zero-order chi connectivity index (χ0) is 11.5. The van der Waals surface area contributed by atoms with E-state index in [0.29, 0.717) is 0 Å². The molecule has 0 amide bonds. The molecule has 6 heteroatoms. The third kappa shape index (κ3) is 2.00. The van der Waals surface area contributed by atoms with Crippen LogP contribution >= 0.6 is 0 Å². The van der Waals surface area contributed by atoms with E-state index in [2.05, 4.69) is 10.1 Å². The largest absolute Gasteiger partial charge is 0.378 e. The molecule has 1 heterocycles. The average Bonchev–Trinajstić information content (AvgIpc) is 2.27. The van der Waals surface area contributed by atoms with E-state index in [-0.39, 0.29) is 12.4 Å². The van der Waals surface area contributed by atoms with Gasteiger partial charge in [-0.25, -0.2) is 9.48 Å². The van der Waals surface area contributed by atoms with E-state index in [9.17, 15) is 9.59 Å². The smallest absolute Gasteiger partial charge is 0.345 e. The molecule has 0 aliphatic rings. The molecule has 2 rings (SSSR count). The minimum atomic E-state index is -0.658. The summed E-state index contributed by atoms with van der Waals surface area (Å²) in [5.41, 5.74) is 5.01. The van der Waals surface area contributed by atoms with Gasteiger partial charge in [0.1, 0.15) is 0 Å². The summed E-state index contributed by atoms with van der Waals surface area (Å²) >= 11 is 0. The summed E-state index contributed by atoms with van der Waals surface area (Å²) in [7, 11) is 0. The molecule has 1 aromatic heterocycles. The van der Waals surface area contributed by atoms with Crippen molar-refractivity contribution in [2.75, 3.05) is 5.73 Å². The van der Waals surface area contributed by atoms with Gasteiger partial charge in [0.15, 0.2) is 0 Å². The van der Waals surface area contributed by atoms with Gasteiger partial charge in [-0.05, 0) is 5.56 Å². The van der Waals surface area contributed by atoms with Crippen LogP contribution in [0.4, 0.5) is 5.82 Å². The first kappa shape index (κ1) is 10.2. The predicted octanol–water partition coefficient (Wildman–Crippen LogP) is -0.438. The molecule has 0 fully saturated rings. The number of hydrogen-bond donors (Lipinski definition) is 2. The summed E-state index contributed by atoms with van der Waals surface area (Å²) in [6.45, 7) is 0.278. The minimum absolute atomic E-state index is 0.212. The number of anilines is 1. The standard InChI is InChI=1S/C10H10N4O2/c11-8-9(15)12-10(16)14(13-8)6-7-4-2-1-3-5-7/h1-5H,6H2,(H2,11,13)(H,12,15,16). The molecule has 0 aliphatic carbocycles. The molecule has 2 aromatic rings. The topological polar surface area (TPSA) is 93.8 Å². The minimum Gasteiger partial charge on any atom is -0.378 e. The second kappa shape index (κ2) is 4.01. The third-order valence-electron chi connectivity index (χ3n) is 2.09. The van der Waals surface area contributed by atoms with E-state index < -0.39 is 11.2 Å². The first-order valence-electron chi connectivity index (χ1n) is 4.67. The normalized spacial score (nSPS) is 10.2. The number of aromatic nitrogens is 3. The lowest BCUT2D eigenvalue weighted by Gasteiger charge is -2.03. The van der Waals surface area contributed by atoms with Crippen LogP contribution in [0.15, 0.2) is 39.9 Å². The molecule has 0 aliphatic heterocycles. The number of H-pyrrole nitrogens is 1. The molecule has 1 aromatic carbocycles. The molecule has 0 bridgehead atoms. The summed E-state index contributed by atoms with van der Waals surface area (Å²) < 4.78 is 1.12. The van der Waals surface area contributed by atoms with E-state index >= 15 is 0 Å². The summed E-state index contributed by atoms with van der Waals surface area (Å²) in [4.78, 5) is 24.5. The molecule has 0 saturated carbocycles. The first-order chi connectivity index (χ1) is 7.66. The highest BCUT2D eigenvalue weighted by molar-refractivity contribution is 5.20. The second-order valence-electron chi connectivity index (χ2n) is 3.29. The van der Waals surface area contributed by atoms with Crippen LogP contribution in [-0.2, 0) is 6.54 Å². The molecule has 0 radical (unpaired) electrons. The van der Waals surface area contributed by atoms with Crippen LogP contribution in [0.2, 0.25) is 0 Å². The number of nitrogen functional groups attached to an aromatic ring is 1. The van der Waals surface area contributed by atoms with Crippen molar-refractivity contribution in [2.24, 2.45) is 0 Å². The molecular formula is C10H10N4O2. The Morgan fingerprint density at radius 3 is 2.62 bits per heavy atom. The van der Waals surface area contributed by atoms with Crippen molar-refractivity contribution in [1.82, 2.24) is 14.8 Å². The average molecular weight is 218 g/mol. The van der Waals surface area contributed by atoms with Crippen LogP contribution in [-0.4, -0.2) is 14.8 Å². The van der Waals surface area contributed by atoms with Gasteiger partial charge < -0.3 is 5.73 Å². The fourth-order valence-electron chi connectivity index (χ4n) is 1.31. The van der Waals surface area contributed by atoms with Crippen LogP contribution < -0.4 is 17.0 Å². The number of nitrogens with zero attached hydrogens (tertiary/aromatic N) is 2. The molecule has 6 nitrogen and oxygen atoms in total. The van der Waals surface area contributed by atoms with Crippen LogP contribution in [0, 0.1) is 0 Å². The highest BCUT2D eigenvalue weighted by atomic mass is 16.2. The van der Waals surface area contributed by atoms with Gasteiger partial charge in [-0.1, -0.05) is 30.3 Å². The SMILES string of the molecule is Nc1nn(Cc2ccccc2)c(=O)[nH]c1=O. The van der Waals surface area contributed by atoms with Crippen LogP contribution in [0.25, 0.3) is 0 Å². The number of nitrogens with two attached hydrogens (primary N) is 1. The van der Waals surface area contributed by atoms with Crippen molar-refractivity contribution in [2.45, 2.75) is 6.54 Å². The lowest BCUT2D eigenvalue weighted by molar-refractivity contribution is 0.613. The highest BCUT2D eigenvalue weighted by Gasteiger charge is 2.03. The number of nitrogens with one attached hydrogen (secondary N) is 1. The molecule has 0 atom stereocenters. The van der Waals surface area contributed by atoms with Crippen molar-refractivity contribution in [1.29, 1.82) is 0 Å². The number of rotatable bonds is 2. The summed E-state index contributed by atoms with van der Waals surface area (Å²) in [5.74, 6) is -0.212. The zero-order valence-corrected chi connectivity index (χ0v) is 8.38. The van der Waals surface area contributed by atoms with Gasteiger partial charge in [0, 0.05) is 0 Å². The predicted molar refractivity (Wildman–Crippen MR) is 59.1 cm³/mol. The van der Waals surface area contributed by atoms with E-state index in [1.807, 2.05) is 30.3 Å². The number of hydrogen-bond acceptors (Lipinski definition) is 4. The Hall–Kier alpha value is -2.37. The van der Waals surface area contributed by atoms with Gasteiger partial charge >= 0.3 is 5.69 Å². The van der Waals surface area contributed by atoms with Crippen LogP contribution in [0.1, 0.15) is 5.56 Å². The van der Waals surface area contributed by atoms with Gasteiger partial charge in [-0.15, -0.1) is 5.10 Å². The summed E-state index contributed by atoms with van der Waals surface area (Å²) in [6, 6.07) is 9.30. The zero-order valence-electron chi connectivity index (χ0n) is 8.38. The fraction of sp³-hybridized carbons (Fsp3) is 0.100. The van der Waals surface area contributed by atoms with E-state index in [4.69, 9.17) is 5.73 Å². The first-order valence-corrected chi connectivity index (χ1v) is 4.67. The molecule has 0 saturated heterocycles. The van der Waals surface area contributed by atoms with E-state index in [0.717, 1.165) is 10.2 Å². The van der Waals surface area contributed by atoms with Crippen molar-refractivity contribution < 1.29 is 0 Å². The molecule has 16 heavy (non-hydrogen) atoms. The molecule has 0 unspecified atom stereocenters. The summed E-state index contributed by atoms with van der Waals surface area (Å²) in [5, 5.41) is 3.71. The van der Waals surface area contributed by atoms with Crippen LogP contribution in [0.5, 0.6) is 0 Å². The maximum atomic E-state index is 11.4. The highest BCUT2D eigenvalue weighted by Crippen LogP contribution is 1.98. The lowest BCUT2D eigenvalue weighted by atomic mass is 10.2. The Bertz CT molecular complexity index is 600. The number of benzene rings is 1. The molecule has 82 valence electrons. The Morgan fingerprint density at radius 2 is 1.94 bits per heavy atom. The maximum Gasteiger partial charge on any atom is 0.345 e. The van der Waals surface area contributed by atoms with Gasteiger partial charge in [-0.3, -0.25) is 9.78 Å². The molecule has 0 spiro atoms. The monoisotopic (exact) mass is 218 g/mol. The quantitative estimate of drug-likeness (QED) is 0.714. The van der Waals surface area contributed by atoms with Crippen molar-refractivity contribution in [3.05, 3.63) is 56.7 Å². The van der Waals surface area contributed by atoms with Gasteiger partial charge in [-0.2, -0.15) is 0 Å². The molecular weight excluding hydrogens is 208 g/mol. The van der Waals surface area contributed by atoms with Crippen molar-refractivity contribution in [3.8, 4) is 0 Å². The fourth-order valence-corrected chi connectivity index (χ4v) is 1.31.